The van der Waals surface area contributed by atoms with E-state index < -0.39 is 28.8 Å². The van der Waals surface area contributed by atoms with Crippen LogP contribution in [0.2, 0.25) is 0 Å². The number of barbiturate groups is 1. The molecule has 2 N–H and O–H groups in total. The first-order valence-corrected chi connectivity index (χ1v) is 12.1. The number of fused-ring (bicyclic) bond motifs is 4. The van der Waals surface area contributed by atoms with Crippen LogP contribution < -0.4 is 10.5 Å². The van der Waals surface area contributed by atoms with Gasteiger partial charge in [-0.1, -0.05) is 0 Å². The highest BCUT2D eigenvalue weighted by molar-refractivity contribution is 7.71. The van der Waals surface area contributed by atoms with E-state index in [1.54, 1.807) is 19.1 Å². The normalized spacial score (nSPS) is 21.0. The van der Waals surface area contributed by atoms with Crippen LogP contribution in [-0.2, 0) is 22.6 Å². The summed E-state index contributed by atoms with van der Waals surface area (Å²) in [6.45, 7) is 2.85. The molecular weight excluding hydrogens is 484 g/mol. The molecule has 188 valence electrons. The Bertz CT molecular complexity index is 1440. The molecular formula is C24H26N6O5S. The fourth-order valence-electron chi connectivity index (χ4n) is 5.71. The molecule has 0 bridgehead atoms. The Morgan fingerprint density at radius 2 is 1.89 bits per heavy atom. The zero-order chi connectivity index (χ0) is 25.9. The molecule has 3 aliphatic rings. The van der Waals surface area contributed by atoms with Gasteiger partial charge in [-0.25, -0.2) is 4.79 Å². The van der Waals surface area contributed by atoms with Crippen LogP contribution in [0.3, 0.4) is 0 Å². The van der Waals surface area contributed by atoms with Crippen molar-refractivity contribution >= 4 is 47.7 Å². The van der Waals surface area contributed by atoms with Crippen LogP contribution in [0.4, 0.5) is 16.2 Å². The van der Waals surface area contributed by atoms with Crippen LogP contribution in [0.5, 0.6) is 5.88 Å². The standard InChI is InChI=1S/C24H26N6O5S/c1-4-29-19(32)15(18(31)26-22(29)36)12-25-14-7-8-16-13(10-14)11-24(17-6-5-9-30(16)17)20(33)27(2)23(35)28(3)21(24)34/h7-8,10,12,17,32H,4-6,9,11H2,1-3H3,(H,26,31,36)/t17-/m0/s1. The number of hydrogen-bond acceptors (Lipinski definition) is 8. The lowest BCUT2D eigenvalue weighted by molar-refractivity contribution is -0.159. The van der Waals surface area contributed by atoms with Crippen LogP contribution in [0.1, 0.15) is 30.9 Å². The van der Waals surface area contributed by atoms with Crippen LogP contribution in [-0.4, -0.2) is 75.2 Å². The molecule has 1 spiro atoms. The van der Waals surface area contributed by atoms with Gasteiger partial charge in [0.15, 0.2) is 10.2 Å². The molecule has 0 saturated carbocycles. The van der Waals surface area contributed by atoms with E-state index >= 15 is 0 Å². The minimum Gasteiger partial charge on any atom is -0.494 e. The second kappa shape index (κ2) is 8.40. The van der Waals surface area contributed by atoms with Crippen LogP contribution in [0.25, 0.3) is 0 Å². The molecule has 4 heterocycles. The van der Waals surface area contributed by atoms with Crippen molar-refractivity contribution in [3.63, 3.8) is 0 Å². The van der Waals surface area contributed by atoms with Crippen molar-refractivity contribution < 1.29 is 19.5 Å². The first-order chi connectivity index (χ1) is 17.1. The summed E-state index contributed by atoms with van der Waals surface area (Å²) in [6, 6.07) is 4.49. The molecule has 36 heavy (non-hydrogen) atoms. The van der Waals surface area contributed by atoms with Crippen molar-refractivity contribution in [1.29, 1.82) is 0 Å². The van der Waals surface area contributed by atoms with Crippen molar-refractivity contribution in [2.45, 2.75) is 38.8 Å². The Balaban J connectivity index is 1.58. The number of rotatable bonds is 3. The van der Waals surface area contributed by atoms with E-state index in [0.29, 0.717) is 25.2 Å². The van der Waals surface area contributed by atoms with Gasteiger partial charge in [-0.3, -0.25) is 38.7 Å². The minimum atomic E-state index is -1.40. The summed E-state index contributed by atoms with van der Waals surface area (Å²) in [6.07, 6.45) is 2.90. The van der Waals surface area contributed by atoms with E-state index in [1.807, 2.05) is 6.07 Å². The molecule has 2 saturated heterocycles. The molecule has 5 rings (SSSR count). The van der Waals surface area contributed by atoms with E-state index in [0.717, 1.165) is 27.5 Å². The maximum Gasteiger partial charge on any atom is 0.332 e. The first-order valence-electron chi connectivity index (χ1n) is 11.7. The van der Waals surface area contributed by atoms with E-state index in [9.17, 15) is 24.3 Å². The van der Waals surface area contributed by atoms with Crippen LogP contribution >= 0.6 is 12.2 Å². The van der Waals surface area contributed by atoms with Gasteiger partial charge in [-0.2, -0.15) is 0 Å². The van der Waals surface area contributed by atoms with Gasteiger partial charge in [0, 0.05) is 39.1 Å². The summed E-state index contributed by atoms with van der Waals surface area (Å²) >= 11 is 5.08. The number of hydrogen-bond donors (Lipinski definition) is 2. The number of aliphatic imine (C=N–C) groups is 1. The number of urea groups is 1. The van der Waals surface area contributed by atoms with Gasteiger partial charge >= 0.3 is 6.03 Å². The predicted octanol–water partition coefficient (Wildman–Crippen LogP) is 1.94. The summed E-state index contributed by atoms with van der Waals surface area (Å²) in [5.74, 6) is -1.26. The van der Waals surface area contributed by atoms with Crippen molar-refractivity contribution in [3.05, 3.63) is 44.5 Å². The third-order valence-electron chi connectivity index (χ3n) is 7.48. The fourth-order valence-corrected chi connectivity index (χ4v) is 6.02. The van der Waals surface area contributed by atoms with Gasteiger partial charge in [0.1, 0.15) is 5.56 Å². The van der Waals surface area contributed by atoms with Crippen molar-refractivity contribution in [1.82, 2.24) is 19.4 Å². The van der Waals surface area contributed by atoms with Crippen molar-refractivity contribution in [2.24, 2.45) is 10.4 Å². The minimum absolute atomic E-state index is 0.0290. The Hall–Kier alpha value is -3.80. The monoisotopic (exact) mass is 510 g/mol. The number of anilines is 1. The smallest absolute Gasteiger partial charge is 0.332 e. The number of aromatic amines is 1. The highest BCUT2D eigenvalue weighted by atomic mass is 32.1. The van der Waals surface area contributed by atoms with Gasteiger partial charge in [-0.05, 0) is 62.2 Å². The van der Waals surface area contributed by atoms with E-state index in [-0.39, 0.29) is 28.7 Å². The summed E-state index contributed by atoms with van der Waals surface area (Å²) < 4.78 is 1.50. The van der Waals surface area contributed by atoms with Crippen LogP contribution in [0, 0.1) is 10.2 Å². The maximum atomic E-state index is 13.5. The van der Waals surface area contributed by atoms with E-state index in [2.05, 4.69) is 14.9 Å². The summed E-state index contributed by atoms with van der Waals surface area (Å²) in [7, 11) is 2.82. The fraction of sp³-hybridized carbons (Fsp3) is 0.417. The molecule has 11 nitrogen and oxygen atoms in total. The molecule has 12 heteroatoms. The summed E-state index contributed by atoms with van der Waals surface area (Å²) in [4.78, 5) is 62.9. The summed E-state index contributed by atoms with van der Waals surface area (Å²) in [5, 5.41) is 10.5. The Kier molecular flexibility index (Phi) is 5.58. The van der Waals surface area contributed by atoms with Gasteiger partial charge in [0.25, 0.3) is 5.56 Å². The third-order valence-corrected chi connectivity index (χ3v) is 7.80. The Morgan fingerprint density at radius 1 is 1.19 bits per heavy atom. The Morgan fingerprint density at radius 3 is 2.56 bits per heavy atom. The number of carbonyl (C=O) groups excluding carboxylic acids is 3. The number of aromatic nitrogens is 2. The highest BCUT2D eigenvalue weighted by Crippen LogP contribution is 2.49. The molecule has 2 fully saturated rings. The maximum absolute atomic E-state index is 13.5. The molecule has 4 amide bonds. The van der Waals surface area contributed by atoms with Crippen molar-refractivity contribution in [2.75, 3.05) is 25.5 Å². The SMILES string of the molecule is CCn1c(O)c(C=Nc2ccc3c(c2)CC2(C(=O)N(C)C(=O)N(C)C2=O)[C@@H]2CCCN32)c(=O)[nH]c1=S. The topological polar surface area (TPSA) is 131 Å². The zero-order valence-corrected chi connectivity index (χ0v) is 21.0. The molecule has 1 aromatic heterocycles. The van der Waals surface area contributed by atoms with Gasteiger partial charge in [-0.15, -0.1) is 0 Å². The summed E-state index contributed by atoms with van der Waals surface area (Å²) in [5.41, 5.74) is 0.174. The van der Waals surface area contributed by atoms with Crippen molar-refractivity contribution in [3.8, 4) is 5.88 Å². The number of nitrogens with one attached hydrogen (secondary N) is 1. The number of nitrogens with zero attached hydrogens (tertiary/aromatic N) is 5. The lowest BCUT2D eigenvalue weighted by atomic mass is 9.68. The molecule has 2 aromatic rings. The van der Waals surface area contributed by atoms with Gasteiger partial charge in [0.05, 0.1) is 11.7 Å². The largest absolute Gasteiger partial charge is 0.494 e. The predicted molar refractivity (Wildman–Crippen MR) is 134 cm³/mol. The second-order valence-electron chi connectivity index (χ2n) is 9.32. The number of H-pyrrole nitrogens is 1. The quantitative estimate of drug-likeness (QED) is 0.367. The van der Waals surface area contributed by atoms with Gasteiger partial charge < -0.3 is 10.0 Å². The number of amides is 4. The molecule has 0 unspecified atom stereocenters. The lowest BCUT2D eigenvalue weighted by Gasteiger charge is -2.50. The second-order valence-corrected chi connectivity index (χ2v) is 9.71. The zero-order valence-electron chi connectivity index (χ0n) is 20.1. The third kappa shape index (κ3) is 3.24. The first kappa shape index (κ1) is 23.9. The van der Waals surface area contributed by atoms with Crippen LogP contribution in [0.15, 0.2) is 28.0 Å². The number of benzene rings is 1. The average molecular weight is 511 g/mol. The number of aromatic hydroxyl groups is 1. The van der Waals surface area contributed by atoms with E-state index in [4.69, 9.17) is 12.2 Å². The molecule has 3 aliphatic heterocycles. The Labute approximate surface area is 211 Å². The molecule has 1 atom stereocenters. The average Bonchev–Trinajstić information content (AvgIpc) is 3.35. The van der Waals surface area contributed by atoms with E-state index in [1.165, 1.54) is 24.9 Å². The molecule has 0 radical (unpaired) electrons. The highest BCUT2D eigenvalue weighted by Gasteiger charge is 2.63. The molecule has 1 aromatic carbocycles. The molecule has 0 aliphatic carbocycles. The van der Waals surface area contributed by atoms with Gasteiger partial charge in [0.2, 0.25) is 17.7 Å². The lowest BCUT2D eigenvalue weighted by Crippen LogP contribution is -2.70. The number of imide groups is 2. The number of carbonyl (C=O) groups is 3.